The molecule has 1 aliphatic rings. The van der Waals surface area contributed by atoms with Gasteiger partial charge in [0.25, 0.3) is 0 Å². The van der Waals surface area contributed by atoms with Gasteiger partial charge in [-0.2, -0.15) is 0 Å². The third-order valence-corrected chi connectivity index (χ3v) is 7.40. The first-order valence-corrected chi connectivity index (χ1v) is 12.7. The summed E-state index contributed by atoms with van der Waals surface area (Å²) in [5.74, 6) is 1.45. The lowest BCUT2D eigenvalue weighted by molar-refractivity contribution is 0.299. The van der Waals surface area contributed by atoms with E-state index >= 15 is 0 Å². The highest BCUT2D eigenvalue weighted by molar-refractivity contribution is 9.23. The zero-order chi connectivity index (χ0) is 14.4. The van der Waals surface area contributed by atoms with Crippen molar-refractivity contribution in [1.29, 1.82) is 0 Å². The van der Waals surface area contributed by atoms with E-state index in [2.05, 4.69) is 19.8 Å². The Kier molecular flexibility index (Phi) is 7.33. The second-order valence-electron chi connectivity index (χ2n) is 6.17. The molecular weight excluding hydrogens is 327 g/mol. The number of rotatable bonds is 6. The molecule has 0 aromatic heterocycles. The summed E-state index contributed by atoms with van der Waals surface area (Å²) in [5, 5.41) is 0. The van der Waals surface area contributed by atoms with Gasteiger partial charge in [-0.15, -0.1) is 3.69 Å². The van der Waals surface area contributed by atoms with E-state index in [-0.39, 0.29) is 5.82 Å². The van der Waals surface area contributed by atoms with E-state index in [1.165, 1.54) is 51.4 Å². The SMILES string of the molecule is CCCCC[C@H]1CC[C@H](c2ccc[c]([Mg][Br])c2F)CC1. The lowest BCUT2D eigenvalue weighted by Crippen LogP contribution is -2.20. The molecule has 1 saturated carbocycles. The highest BCUT2D eigenvalue weighted by atomic mass is 79.9. The molecule has 0 aliphatic heterocycles. The van der Waals surface area contributed by atoms with Crippen molar-refractivity contribution < 1.29 is 4.39 Å². The molecule has 20 heavy (non-hydrogen) atoms. The fourth-order valence-corrected chi connectivity index (χ4v) is 5.31. The van der Waals surface area contributed by atoms with Crippen molar-refractivity contribution in [2.45, 2.75) is 64.2 Å². The van der Waals surface area contributed by atoms with E-state index in [1.807, 2.05) is 18.2 Å². The molecule has 0 N–H and O–H groups in total. The first-order chi connectivity index (χ1) is 9.76. The van der Waals surface area contributed by atoms with Crippen LogP contribution in [0.2, 0.25) is 0 Å². The summed E-state index contributed by atoms with van der Waals surface area (Å²) in [4.78, 5) is 0. The molecule has 0 nitrogen and oxygen atoms in total. The van der Waals surface area contributed by atoms with Gasteiger partial charge in [0.2, 0.25) is 0 Å². The fraction of sp³-hybridized carbons (Fsp3) is 0.647. The Morgan fingerprint density at radius 1 is 1.20 bits per heavy atom. The first-order valence-electron chi connectivity index (χ1n) is 8.09. The Morgan fingerprint density at radius 3 is 2.60 bits per heavy atom. The zero-order valence-electron chi connectivity index (χ0n) is 12.5. The standard InChI is InChI=1S/C17H24F.BrH.Mg/c1-2-3-4-7-14-10-12-15(13-11-14)16-8-5-6-9-17(16)18;;/h5-6,8,14-15H,2-4,7,10-13H2,1H3;1H;/q;;+1/p-1/t14-,15-;;. The molecule has 1 fully saturated rings. The van der Waals surface area contributed by atoms with Crippen molar-refractivity contribution >= 4 is 34.8 Å². The van der Waals surface area contributed by atoms with E-state index in [0.29, 0.717) is 5.92 Å². The van der Waals surface area contributed by atoms with Gasteiger partial charge in [0.15, 0.2) is 0 Å². The van der Waals surface area contributed by atoms with Crippen LogP contribution in [0.15, 0.2) is 18.2 Å². The predicted octanol–water partition coefficient (Wildman–Crippen LogP) is 5.32. The molecule has 3 heteroatoms. The Morgan fingerprint density at radius 2 is 1.95 bits per heavy atom. The smallest absolute Gasteiger partial charge is 0.296 e. The Balaban J connectivity index is 1.90. The lowest BCUT2D eigenvalue weighted by Gasteiger charge is -2.29. The molecule has 0 heterocycles. The second-order valence-corrected chi connectivity index (χ2v) is 8.88. The van der Waals surface area contributed by atoms with Crippen LogP contribution in [0.25, 0.3) is 0 Å². The highest BCUT2D eigenvalue weighted by Gasteiger charge is 2.24. The fourth-order valence-electron chi connectivity index (χ4n) is 3.46. The minimum atomic E-state index is -0.582. The molecule has 0 radical (unpaired) electrons. The normalized spacial score (nSPS) is 22.6. The Labute approximate surface area is 138 Å². The molecule has 1 aromatic rings. The maximum absolute atomic E-state index is 14.4. The van der Waals surface area contributed by atoms with Gasteiger partial charge in [-0.25, -0.2) is 4.39 Å². The lowest BCUT2D eigenvalue weighted by atomic mass is 9.77. The van der Waals surface area contributed by atoms with Gasteiger partial charge in [0.05, 0.1) is 0 Å². The van der Waals surface area contributed by atoms with Crippen LogP contribution in [0.1, 0.15) is 69.8 Å². The van der Waals surface area contributed by atoms with Crippen LogP contribution in [0.4, 0.5) is 4.39 Å². The predicted molar refractivity (Wildman–Crippen MR) is 89.6 cm³/mol. The van der Waals surface area contributed by atoms with E-state index < -0.39 is 18.2 Å². The number of hydrogen-bond acceptors (Lipinski definition) is 0. The third-order valence-electron chi connectivity index (χ3n) is 4.76. The van der Waals surface area contributed by atoms with Crippen molar-refractivity contribution in [2.24, 2.45) is 5.92 Å². The summed E-state index contributed by atoms with van der Waals surface area (Å²) in [6, 6.07) is 5.99. The number of benzene rings is 1. The largest absolute Gasteiger partial charge is 0.511 e. The molecule has 0 atom stereocenters. The van der Waals surface area contributed by atoms with Crippen LogP contribution in [0.3, 0.4) is 0 Å². The van der Waals surface area contributed by atoms with E-state index in [4.69, 9.17) is 0 Å². The molecule has 0 unspecified atom stereocenters. The second kappa shape index (κ2) is 8.75. The topological polar surface area (TPSA) is 0 Å². The minimum Gasteiger partial charge on any atom is -0.296 e. The molecule has 0 spiro atoms. The minimum absolute atomic E-state index is 0.0884. The number of hydrogen-bond donors (Lipinski definition) is 0. The third kappa shape index (κ3) is 4.44. The van der Waals surface area contributed by atoms with Crippen molar-refractivity contribution in [3.05, 3.63) is 29.6 Å². The van der Waals surface area contributed by atoms with Crippen LogP contribution < -0.4 is 3.69 Å². The summed E-state index contributed by atoms with van der Waals surface area (Å²) in [7, 11) is 0. The molecule has 0 amide bonds. The van der Waals surface area contributed by atoms with Crippen molar-refractivity contribution in [2.75, 3.05) is 0 Å². The van der Waals surface area contributed by atoms with Gasteiger partial charge in [-0.05, 0) is 43.1 Å². The van der Waals surface area contributed by atoms with Gasteiger partial charge in [0.1, 0.15) is 5.82 Å². The molecule has 0 bridgehead atoms. The van der Waals surface area contributed by atoms with Crippen molar-refractivity contribution in [1.82, 2.24) is 0 Å². The monoisotopic (exact) mass is 350 g/mol. The quantitative estimate of drug-likeness (QED) is 0.481. The van der Waals surface area contributed by atoms with E-state index in [9.17, 15) is 4.39 Å². The molecule has 108 valence electrons. The summed E-state index contributed by atoms with van der Waals surface area (Å²) < 4.78 is 15.3. The molecular formula is C17H24BrFMg. The van der Waals surface area contributed by atoms with Gasteiger partial charge >= 0.3 is 18.2 Å². The van der Waals surface area contributed by atoms with Gasteiger partial charge in [0, 0.05) is 0 Å². The van der Waals surface area contributed by atoms with Gasteiger partial charge < -0.3 is 0 Å². The number of unbranched alkanes of at least 4 members (excludes halogenated alkanes) is 2. The van der Waals surface area contributed by atoms with Crippen LogP contribution in [0.5, 0.6) is 0 Å². The van der Waals surface area contributed by atoms with Gasteiger partial charge in [-0.1, -0.05) is 50.8 Å². The zero-order valence-corrected chi connectivity index (χ0v) is 15.5. The molecule has 1 aromatic carbocycles. The summed E-state index contributed by atoms with van der Waals surface area (Å²) in [5.41, 5.74) is 0.987. The summed E-state index contributed by atoms with van der Waals surface area (Å²) >= 11 is 2.93. The Hall–Kier alpha value is 0.396. The first kappa shape index (κ1) is 16.8. The summed E-state index contributed by atoms with van der Waals surface area (Å²) in [6.07, 6.45) is 10.4. The van der Waals surface area contributed by atoms with Crippen LogP contribution in [-0.4, -0.2) is 18.2 Å². The van der Waals surface area contributed by atoms with E-state index in [0.717, 1.165) is 15.2 Å². The maximum atomic E-state index is 14.4. The Bertz CT molecular complexity index is 413. The summed E-state index contributed by atoms with van der Waals surface area (Å²) in [6.45, 7) is 2.26. The average molecular weight is 352 g/mol. The van der Waals surface area contributed by atoms with Crippen molar-refractivity contribution in [3.63, 3.8) is 0 Å². The van der Waals surface area contributed by atoms with Crippen molar-refractivity contribution in [3.8, 4) is 0 Å². The molecule has 1 aliphatic carbocycles. The maximum Gasteiger partial charge on any atom is 0.511 e. The van der Waals surface area contributed by atoms with Gasteiger partial charge in [-0.3, -0.25) is 12.9 Å². The van der Waals surface area contributed by atoms with Crippen LogP contribution in [-0.2, 0) is 0 Å². The van der Waals surface area contributed by atoms with E-state index in [1.54, 1.807) is 0 Å². The molecule has 2 rings (SSSR count). The van der Waals surface area contributed by atoms with Crippen LogP contribution in [0, 0.1) is 11.7 Å². The average Bonchev–Trinajstić information content (AvgIpc) is 2.49. The number of halogens is 2. The van der Waals surface area contributed by atoms with Crippen LogP contribution >= 0.6 is 12.9 Å². The highest BCUT2D eigenvalue weighted by Crippen LogP contribution is 2.38. The molecule has 0 saturated heterocycles.